The van der Waals surface area contributed by atoms with Crippen LogP contribution >= 0.6 is 0 Å². The van der Waals surface area contributed by atoms with Crippen LogP contribution in [0.1, 0.15) is 31.9 Å². The first-order valence-electron chi connectivity index (χ1n) is 11.9. The van der Waals surface area contributed by atoms with Crippen LogP contribution in [-0.2, 0) is 19.1 Å². The van der Waals surface area contributed by atoms with Crippen LogP contribution in [0.25, 0.3) is 11.0 Å². The number of fused-ring (bicyclic) bond motifs is 1. The quantitative estimate of drug-likeness (QED) is 0.454. The Balaban J connectivity index is 1.44. The fourth-order valence-electron chi connectivity index (χ4n) is 4.54. The number of hydrogen-bond acceptors (Lipinski definition) is 9. The third-order valence-corrected chi connectivity index (χ3v) is 6.56. The number of cyclic esters (lactones) is 1. The van der Waals surface area contributed by atoms with E-state index in [0.717, 1.165) is 5.56 Å². The van der Waals surface area contributed by atoms with E-state index >= 15 is 0 Å². The zero-order valence-electron chi connectivity index (χ0n) is 21.2. The average molecular weight is 519 g/mol. The van der Waals surface area contributed by atoms with Crippen molar-refractivity contribution in [2.24, 2.45) is 5.10 Å². The van der Waals surface area contributed by atoms with Gasteiger partial charge < -0.3 is 14.5 Å². The number of carbonyl (C=O) groups excluding carboxylic acids is 4. The zero-order valence-corrected chi connectivity index (χ0v) is 21.2. The maximum Gasteiger partial charge on any atom is 0.418 e. The maximum absolute atomic E-state index is 13.8. The highest BCUT2D eigenvalue weighted by Gasteiger charge is 2.55. The van der Waals surface area contributed by atoms with Gasteiger partial charge in [-0.25, -0.2) is 14.7 Å². The number of Topliss-reactive ketones (excluding diaryl/α,β-unsaturated/α-hetero) is 1. The number of aromatic nitrogens is 2. The number of anilines is 1. The van der Waals surface area contributed by atoms with Gasteiger partial charge in [0.25, 0.3) is 11.8 Å². The van der Waals surface area contributed by atoms with Crippen molar-refractivity contribution in [2.75, 3.05) is 19.5 Å². The molecule has 2 aliphatic heterocycles. The molecule has 0 spiro atoms. The van der Waals surface area contributed by atoms with Gasteiger partial charge in [0.2, 0.25) is 11.7 Å². The summed E-state index contributed by atoms with van der Waals surface area (Å²) in [6.45, 7) is 2.79. The minimum absolute atomic E-state index is 0.0448. The molecule has 1 saturated heterocycles. The number of nitrogens with one attached hydrogen (secondary N) is 2. The van der Waals surface area contributed by atoms with Crippen molar-refractivity contribution in [1.82, 2.24) is 19.9 Å². The highest BCUT2D eigenvalue weighted by atomic mass is 16.6. The Morgan fingerprint density at radius 1 is 1.16 bits per heavy atom. The van der Waals surface area contributed by atoms with Crippen LogP contribution in [0, 0.1) is 0 Å². The molecule has 12 heteroatoms. The van der Waals surface area contributed by atoms with E-state index in [4.69, 9.17) is 9.47 Å². The van der Waals surface area contributed by atoms with Gasteiger partial charge in [-0.3, -0.25) is 24.7 Å². The second-order valence-corrected chi connectivity index (χ2v) is 9.53. The normalized spacial score (nSPS) is 19.4. The molecular formula is C26H26N6O6. The molecule has 3 heterocycles. The number of methoxy groups -OCH3 is 1. The minimum Gasteiger partial charge on any atom is -0.497 e. The lowest BCUT2D eigenvalue weighted by molar-refractivity contribution is -0.141. The molecule has 12 nitrogen and oxygen atoms in total. The monoisotopic (exact) mass is 518 g/mol. The Morgan fingerprint density at radius 3 is 2.50 bits per heavy atom. The second-order valence-electron chi connectivity index (χ2n) is 9.53. The summed E-state index contributed by atoms with van der Waals surface area (Å²) in [7, 11) is 3.27. The van der Waals surface area contributed by atoms with Crippen molar-refractivity contribution in [1.29, 1.82) is 0 Å². The largest absolute Gasteiger partial charge is 0.497 e. The standard InChI is InChI=1S/C26H26N6O6/c1-26(2)23(35)32(25(36)38-26)20(22(34)29-24-27-16-7-5-6-8-17(16)28-24)21(33)18-13-19(31(3)30-18)14-9-11-15(37-4)12-10-14/h5-12,19-20H,13H2,1-4H3,(H2,27,28,29,34). The lowest BCUT2D eigenvalue weighted by Crippen LogP contribution is -2.54. The number of para-hydroxylation sites is 2. The number of amides is 3. The molecule has 2 atom stereocenters. The molecule has 3 aromatic rings. The molecular weight excluding hydrogens is 492 g/mol. The first kappa shape index (κ1) is 24.9. The van der Waals surface area contributed by atoms with Gasteiger partial charge in [-0.05, 0) is 43.7 Å². The smallest absolute Gasteiger partial charge is 0.418 e. The molecule has 0 saturated carbocycles. The number of benzene rings is 2. The first-order chi connectivity index (χ1) is 18.1. The number of imidazole rings is 1. The molecule has 2 unspecified atom stereocenters. The molecule has 3 amide bonds. The molecule has 2 N–H and O–H groups in total. The Hall–Kier alpha value is -4.74. The highest BCUT2D eigenvalue weighted by molar-refractivity contribution is 6.47. The summed E-state index contributed by atoms with van der Waals surface area (Å²) in [6, 6.07) is 12.3. The van der Waals surface area contributed by atoms with Crippen LogP contribution in [0.3, 0.4) is 0 Å². The van der Waals surface area contributed by atoms with Crippen molar-refractivity contribution in [2.45, 2.75) is 38.0 Å². The number of H-pyrrole nitrogens is 1. The second kappa shape index (κ2) is 9.29. The molecule has 0 aliphatic carbocycles. The van der Waals surface area contributed by atoms with Crippen LogP contribution in [0.15, 0.2) is 53.6 Å². The zero-order chi connectivity index (χ0) is 27.2. The van der Waals surface area contributed by atoms with Crippen molar-refractivity contribution in [3.8, 4) is 5.75 Å². The average Bonchev–Trinajstić information content (AvgIpc) is 3.53. The number of ether oxygens (including phenoxy) is 2. The number of aromatic amines is 1. The van der Waals surface area contributed by atoms with E-state index in [0.29, 0.717) is 21.7 Å². The number of hydrogen-bond donors (Lipinski definition) is 2. The number of carbonyl (C=O) groups is 4. The van der Waals surface area contributed by atoms with Crippen molar-refractivity contribution in [3.63, 3.8) is 0 Å². The molecule has 1 fully saturated rings. The van der Waals surface area contributed by atoms with Gasteiger partial charge in [0.05, 0.1) is 24.2 Å². The van der Waals surface area contributed by atoms with Crippen LogP contribution in [0.5, 0.6) is 5.75 Å². The molecule has 1 aromatic heterocycles. The third-order valence-electron chi connectivity index (χ3n) is 6.56. The topological polar surface area (TPSA) is 146 Å². The molecule has 196 valence electrons. The minimum atomic E-state index is -1.84. The molecule has 38 heavy (non-hydrogen) atoms. The van der Waals surface area contributed by atoms with Crippen LogP contribution in [0.4, 0.5) is 10.7 Å². The number of imide groups is 1. The van der Waals surface area contributed by atoms with Gasteiger partial charge in [-0.2, -0.15) is 5.10 Å². The third kappa shape index (κ3) is 4.33. The Bertz CT molecular complexity index is 1440. The number of rotatable bonds is 7. The van der Waals surface area contributed by atoms with Gasteiger partial charge in [0.15, 0.2) is 11.6 Å². The Morgan fingerprint density at radius 2 is 1.87 bits per heavy atom. The summed E-state index contributed by atoms with van der Waals surface area (Å²) < 4.78 is 10.4. The van der Waals surface area contributed by atoms with Crippen molar-refractivity contribution < 1.29 is 28.7 Å². The highest BCUT2D eigenvalue weighted by Crippen LogP contribution is 2.32. The maximum atomic E-state index is 13.8. The molecule has 0 bridgehead atoms. The molecule has 0 radical (unpaired) electrons. The van der Waals surface area contributed by atoms with Gasteiger partial charge in [-0.1, -0.05) is 24.3 Å². The van der Waals surface area contributed by atoms with E-state index in [1.165, 1.54) is 13.8 Å². The van der Waals surface area contributed by atoms with Crippen LogP contribution in [0.2, 0.25) is 0 Å². The van der Waals surface area contributed by atoms with Gasteiger partial charge in [0.1, 0.15) is 11.5 Å². The number of hydrazone groups is 1. The molecule has 5 rings (SSSR count). The van der Waals surface area contributed by atoms with Crippen LogP contribution in [-0.4, -0.2) is 75.1 Å². The predicted molar refractivity (Wildman–Crippen MR) is 136 cm³/mol. The summed E-state index contributed by atoms with van der Waals surface area (Å²) in [6.07, 6.45) is -0.923. The molecule has 2 aliphatic rings. The van der Waals surface area contributed by atoms with Gasteiger partial charge in [-0.15, -0.1) is 0 Å². The number of nitrogens with zero attached hydrogens (tertiary/aromatic N) is 4. The molecule has 2 aromatic carbocycles. The van der Waals surface area contributed by atoms with E-state index in [2.05, 4.69) is 20.4 Å². The fraction of sp³-hybridized carbons (Fsp3) is 0.308. The van der Waals surface area contributed by atoms with E-state index < -0.39 is 35.3 Å². The van der Waals surface area contributed by atoms with E-state index in [1.807, 2.05) is 12.1 Å². The van der Waals surface area contributed by atoms with E-state index in [1.54, 1.807) is 55.6 Å². The van der Waals surface area contributed by atoms with Crippen molar-refractivity contribution in [3.05, 3.63) is 54.1 Å². The van der Waals surface area contributed by atoms with E-state index in [-0.39, 0.29) is 24.1 Å². The summed E-state index contributed by atoms with van der Waals surface area (Å²) in [5.74, 6) is -1.77. The first-order valence-corrected chi connectivity index (χ1v) is 11.9. The predicted octanol–water partition coefficient (Wildman–Crippen LogP) is 2.64. The Kier molecular flexibility index (Phi) is 6.09. The van der Waals surface area contributed by atoms with Gasteiger partial charge in [0, 0.05) is 13.5 Å². The van der Waals surface area contributed by atoms with Crippen LogP contribution < -0.4 is 10.1 Å². The summed E-state index contributed by atoms with van der Waals surface area (Å²) >= 11 is 0. The van der Waals surface area contributed by atoms with Crippen molar-refractivity contribution >= 4 is 46.4 Å². The van der Waals surface area contributed by atoms with E-state index in [9.17, 15) is 19.2 Å². The summed E-state index contributed by atoms with van der Waals surface area (Å²) in [5.41, 5.74) is 0.638. The SMILES string of the molecule is COc1ccc(C2CC(C(=O)C(C(=O)Nc3nc4ccccc4[nH]3)N3C(=O)OC(C)(C)C3=O)=NN2C)cc1. The summed E-state index contributed by atoms with van der Waals surface area (Å²) in [4.78, 5) is 60.9. The lowest BCUT2D eigenvalue weighted by atomic mass is 9.96. The lowest BCUT2D eigenvalue weighted by Gasteiger charge is -2.22. The van der Waals surface area contributed by atoms with Gasteiger partial charge >= 0.3 is 6.09 Å². The number of ketones is 1. The summed E-state index contributed by atoms with van der Waals surface area (Å²) in [5, 5.41) is 8.51. The fourth-order valence-corrected chi connectivity index (χ4v) is 4.54. The Labute approximate surface area is 217 Å².